The van der Waals surface area contributed by atoms with Gasteiger partial charge in [0.15, 0.2) is 0 Å². The Morgan fingerprint density at radius 2 is 1.91 bits per heavy atom. The minimum Gasteiger partial charge on any atom is -0.360 e. The van der Waals surface area contributed by atoms with E-state index in [0.717, 1.165) is 62.6 Å². The van der Waals surface area contributed by atoms with Crippen LogP contribution in [-0.2, 0) is 29.9 Å². The number of nitrogens with one attached hydrogen (secondary N) is 1. The summed E-state index contributed by atoms with van der Waals surface area (Å²) in [6.45, 7) is 3.49. The first kappa shape index (κ1) is 22.2. The molecule has 0 spiro atoms. The molecule has 2 aliphatic heterocycles. The summed E-state index contributed by atoms with van der Waals surface area (Å²) in [5, 5.41) is 7.86. The fourth-order valence-electron chi connectivity index (χ4n) is 5.01. The zero-order valence-electron chi connectivity index (χ0n) is 18.9. The van der Waals surface area contributed by atoms with E-state index in [0.29, 0.717) is 24.2 Å². The van der Waals surface area contributed by atoms with Crippen LogP contribution in [0.1, 0.15) is 35.4 Å². The number of nitrogens with zero attached hydrogens (tertiary/aromatic N) is 2. The number of hydrogen-bond acceptors (Lipinski definition) is 5. The van der Waals surface area contributed by atoms with Crippen LogP contribution in [0.5, 0.6) is 0 Å². The lowest BCUT2D eigenvalue weighted by molar-refractivity contribution is -0.133. The van der Waals surface area contributed by atoms with Gasteiger partial charge in [-0.25, -0.2) is 0 Å². The van der Waals surface area contributed by atoms with Crippen LogP contribution < -0.4 is 5.32 Å². The molecule has 33 heavy (non-hydrogen) atoms. The van der Waals surface area contributed by atoms with Crippen molar-refractivity contribution in [1.29, 1.82) is 0 Å². The maximum Gasteiger partial charge on any atom is 0.223 e. The van der Waals surface area contributed by atoms with Gasteiger partial charge in [0, 0.05) is 30.5 Å². The molecule has 1 fully saturated rings. The highest BCUT2D eigenvalue weighted by atomic mass is 32.2. The molecule has 1 aromatic heterocycles. The molecule has 2 aliphatic rings. The summed E-state index contributed by atoms with van der Waals surface area (Å²) in [6, 6.07) is 20.9. The number of aromatic nitrogens is 1. The Kier molecular flexibility index (Phi) is 7.12. The molecule has 6 heteroatoms. The third-order valence-electron chi connectivity index (χ3n) is 6.89. The van der Waals surface area contributed by atoms with Crippen molar-refractivity contribution >= 4 is 17.7 Å². The second kappa shape index (κ2) is 10.6. The number of carbonyl (C=O) groups is 1. The third kappa shape index (κ3) is 5.68. The molecule has 5 nitrogen and oxygen atoms in total. The summed E-state index contributed by atoms with van der Waals surface area (Å²) in [7, 11) is 0. The highest BCUT2D eigenvalue weighted by Crippen LogP contribution is 2.29. The number of carbonyl (C=O) groups excluding carboxylic acids is 1. The number of piperidine rings is 1. The Labute approximate surface area is 199 Å². The first-order valence-electron chi connectivity index (χ1n) is 11.9. The van der Waals surface area contributed by atoms with Crippen molar-refractivity contribution in [3.8, 4) is 0 Å². The molecule has 172 valence electrons. The Balaban J connectivity index is 1.16. The number of fused-ring (bicyclic) bond motifs is 1. The number of rotatable bonds is 7. The first-order valence-corrected chi connectivity index (χ1v) is 12.9. The molecule has 5 rings (SSSR count). The molecular weight excluding hydrogens is 430 g/mol. The van der Waals surface area contributed by atoms with Gasteiger partial charge in [0.1, 0.15) is 5.76 Å². The molecule has 2 atom stereocenters. The van der Waals surface area contributed by atoms with Crippen LogP contribution >= 0.6 is 11.8 Å². The Morgan fingerprint density at radius 3 is 2.79 bits per heavy atom. The summed E-state index contributed by atoms with van der Waals surface area (Å²) in [6.07, 6.45) is 3.48. The molecule has 0 unspecified atom stereocenters. The van der Waals surface area contributed by atoms with Gasteiger partial charge in [0.25, 0.3) is 0 Å². The highest BCUT2D eigenvalue weighted by Gasteiger charge is 2.30. The topological polar surface area (TPSA) is 58.4 Å². The van der Waals surface area contributed by atoms with E-state index in [1.807, 2.05) is 18.2 Å². The Hall–Kier alpha value is -2.57. The van der Waals surface area contributed by atoms with Crippen molar-refractivity contribution in [2.75, 3.05) is 19.6 Å². The van der Waals surface area contributed by atoms with Crippen molar-refractivity contribution in [2.45, 2.75) is 42.9 Å². The molecule has 3 heterocycles. The fraction of sp³-hybridized carbons (Fsp3) is 0.407. The average molecular weight is 462 g/mol. The van der Waals surface area contributed by atoms with Crippen LogP contribution in [0, 0.1) is 11.8 Å². The lowest BCUT2D eigenvalue weighted by Gasteiger charge is -2.34. The van der Waals surface area contributed by atoms with E-state index >= 15 is 0 Å². The number of benzene rings is 2. The predicted octanol–water partition coefficient (Wildman–Crippen LogP) is 4.71. The van der Waals surface area contributed by atoms with Crippen LogP contribution in [0.3, 0.4) is 0 Å². The highest BCUT2D eigenvalue weighted by molar-refractivity contribution is 7.98. The summed E-state index contributed by atoms with van der Waals surface area (Å²) in [5.41, 5.74) is 3.67. The number of amides is 1. The number of thioether (sulfide) groups is 1. The van der Waals surface area contributed by atoms with Gasteiger partial charge in [-0.05, 0) is 67.4 Å². The van der Waals surface area contributed by atoms with Gasteiger partial charge in [0.2, 0.25) is 5.91 Å². The second-order valence-corrected chi connectivity index (χ2v) is 10.2. The van der Waals surface area contributed by atoms with Crippen molar-refractivity contribution in [2.24, 2.45) is 11.8 Å². The molecular formula is C27H31N3O2S. The van der Waals surface area contributed by atoms with Crippen molar-refractivity contribution < 1.29 is 9.32 Å². The smallest absolute Gasteiger partial charge is 0.223 e. The molecule has 0 radical (unpaired) electrons. The minimum atomic E-state index is 0.293. The maximum atomic E-state index is 13.2. The third-order valence-corrected chi connectivity index (χ3v) is 7.92. The van der Waals surface area contributed by atoms with E-state index in [4.69, 9.17) is 4.52 Å². The van der Waals surface area contributed by atoms with Gasteiger partial charge < -0.3 is 14.7 Å². The van der Waals surface area contributed by atoms with E-state index in [9.17, 15) is 4.79 Å². The van der Waals surface area contributed by atoms with Crippen molar-refractivity contribution in [3.63, 3.8) is 0 Å². The maximum absolute atomic E-state index is 13.2. The largest absolute Gasteiger partial charge is 0.360 e. The van der Waals surface area contributed by atoms with E-state index in [-0.39, 0.29) is 0 Å². The lowest BCUT2D eigenvalue weighted by atomic mass is 9.81. The first-order chi connectivity index (χ1) is 16.2. The van der Waals surface area contributed by atoms with Gasteiger partial charge in [-0.3, -0.25) is 4.79 Å². The Bertz CT molecular complexity index is 1070. The zero-order valence-corrected chi connectivity index (χ0v) is 19.7. The number of hydrogen-bond donors (Lipinski definition) is 1. The van der Waals surface area contributed by atoms with Crippen LogP contribution in [-0.4, -0.2) is 35.6 Å². The standard InChI is InChI=1S/C27H31N3O2S/c31-27(30-13-11-20-6-4-5-7-22(20)18-30)15-21-10-12-28-17-23(21)14-24-16-25(32-29-24)19-33-26-8-2-1-3-9-26/h1-9,16,21,23,28H,10-15,17-19H2/t21-,23+/m0/s1. The van der Waals surface area contributed by atoms with Gasteiger partial charge >= 0.3 is 0 Å². The molecule has 1 amide bonds. The molecule has 0 bridgehead atoms. The van der Waals surface area contributed by atoms with Gasteiger partial charge in [-0.15, -0.1) is 11.8 Å². The second-order valence-electron chi connectivity index (χ2n) is 9.14. The molecule has 1 N–H and O–H groups in total. The average Bonchev–Trinajstić information content (AvgIpc) is 3.31. The normalized spacial score (nSPS) is 20.4. The summed E-state index contributed by atoms with van der Waals surface area (Å²) < 4.78 is 5.61. The van der Waals surface area contributed by atoms with Crippen LogP contribution in [0.15, 0.2) is 70.1 Å². The van der Waals surface area contributed by atoms with E-state index in [2.05, 4.69) is 57.8 Å². The van der Waals surface area contributed by atoms with Gasteiger partial charge in [-0.1, -0.05) is 47.6 Å². The van der Waals surface area contributed by atoms with Crippen molar-refractivity contribution in [1.82, 2.24) is 15.4 Å². The monoisotopic (exact) mass is 461 g/mol. The molecule has 0 saturated carbocycles. The van der Waals surface area contributed by atoms with Gasteiger partial charge in [-0.2, -0.15) is 0 Å². The summed E-state index contributed by atoms with van der Waals surface area (Å²) in [4.78, 5) is 16.4. The predicted molar refractivity (Wildman–Crippen MR) is 131 cm³/mol. The van der Waals surface area contributed by atoms with E-state index in [1.54, 1.807) is 11.8 Å². The van der Waals surface area contributed by atoms with Crippen LogP contribution in [0.2, 0.25) is 0 Å². The summed E-state index contributed by atoms with van der Waals surface area (Å²) in [5.74, 6) is 2.76. The summed E-state index contributed by atoms with van der Waals surface area (Å²) >= 11 is 1.76. The Morgan fingerprint density at radius 1 is 1.09 bits per heavy atom. The quantitative estimate of drug-likeness (QED) is 0.517. The minimum absolute atomic E-state index is 0.293. The van der Waals surface area contributed by atoms with Gasteiger partial charge in [0.05, 0.1) is 11.4 Å². The van der Waals surface area contributed by atoms with E-state index in [1.165, 1.54) is 16.0 Å². The fourth-order valence-corrected chi connectivity index (χ4v) is 5.80. The van der Waals surface area contributed by atoms with Crippen molar-refractivity contribution in [3.05, 3.63) is 83.2 Å². The lowest BCUT2D eigenvalue weighted by Crippen LogP contribution is -2.42. The van der Waals surface area contributed by atoms with Crippen LogP contribution in [0.4, 0.5) is 0 Å². The molecule has 0 aliphatic carbocycles. The van der Waals surface area contributed by atoms with E-state index < -0.39 is 0 Å². The molecule has 2 aromatic carbocycles. The molecule has 3 aromatic rings. The zero-order chi connectivity index (χ0) is 22.5. The van der Waals surface area contributed by atoms with Crippen LogP contribution in [0.25, 0.3) is 0 Å². The SMILES string of the molecule is O=C(C[C@@H]1CCNC[C@H]1Cc1cc(CSc2ccccc2)on1)N1CCc2ccccc2C1. The molecule has 1 saturated heterocycles.